The summed E-state index contributed by atoms with van der Waals surface area (Å²) in [6, 6.07) is 3.90. The zero-order valence-electron chi connectivity index (χ0n) is 11.5. The number of methoxy groups -OCH3 is 1. The summed E-state index contributed by atoms with van der Waals surface area (Å²) < 4.78 is 9.09. The molecule has 7 heteroatoms. The molecule has 1 aromatic rings. The number of hydrogen-bond acceptors (Lipinski definition) is 6. The summed E-state index contributed by atoms with van der Waals surface area (Å²) >= 11 is 1.59. The predicted octanol–water partition coefficient (Wildman–Crippen LogP) is 2.37. The number of carbonyl (C=O) groups is 2. The highest BCUT2D eigenvalue weighted by molar-refractivity contribution is 7.10. The molecule has 112 valence electrons. The highest BCUT2D eigenvalue weighted by atomic mass is 32.1. The molecule has 0 aliphatic carbocycles. The van der Waals surface area contributed by atoms with E-state index >= 15 is 0 Å². The molecule has 0 saturated heterocycles. The molecule has 0 bridgehead atoms. The molecule has 0 fully saturated rings. The summed E-state index contributed by atoms with van der Waals surface area (Å²) in [5.41, 5.74) is 6.16. The zero-order chi connectivity index (χ0) is 15.5. The van der Waals surface area contributed by atoms with Crippen molar-refractivity contribution in [2.24, 2.45) is 10.7 Å². The molecule has 1 aromatic heterocycles. The molecule has 0 aliphatic rings. The van der Waals surface area contributed by atoms with Gasteiger partial charge in [-0.3, -0.25) is 4.79 Å². The number of carbonyl (C=O) groups excluding carboxylic acids is 2. The van der Waals surface area contributed by atoms with E-state index in [1.54, 1.807) is 17.4 Å². The van der Waals surface area contributed by atoms with E-state index in [4.69, 9.17) is 10.5 Å². The third kappa shape index (κ3) is 7.68. The summed E-state index contributed by atoms with van der Waals surface area (Å²) in [4.78, 5) is 26.5. The Morgan fingerprint density at radius 3 is 2.95 bits per heavy atom. The van der Waals surface area contributed by atoms with E-state index in [2.05, 4.69) is 9.73 Å². The number of thiophene rings is 1. The lowest BCUT2D eigenvalue weighted by atomic mass is 10.3. The second-order valence-electron chi connectivity index (χ2n) is 3.73. The molecule has 1 amide bonds. The number of amides is 1. The molecule has 0 radical (unpaired) electrons. The Hall–Kier alpha value is -2.41. The normalized spacial score (nSPS) is 12.0. The van der Waals surface area contributed by atoms with Crippen molar-refractivity contribution in [2.45, 2.75) is 6.42 Å². The predicted molar refractivity (Wildman–Crippen MR) is 82.1 cm³/mol. The monoisotopic (exact) mass is 308 g/mol. The van der Waals surface area contributed by atoms with Crippen molar-refractivity contribution in [3.05, 3.63) is 40.2 Å². The topological polar surface area (TPSA) is 91.0 Å². The molecule has 1 heterocycles. The molecule has 0 unspecified atom stereocenters. The number of hydrogen-bond donors (Lipinski definition) is 1. The van der Waals surface area contributed by atoms with Gasteiger partial charge in [0.25, 0.3) is 0 Å². The van der Waals surface area contributed by atoms with Crippen molar-refractivity contribution in [1.29, 1.82) is 0 Å². The second-order valence-corrected chi connectivity index (χ2v) is 4.71. The molecule has 0 spiro atoms. The third-order valence-corrected chi connectivity index (χ3v) is 3.03. The van der Waals surface area contributed by atoms with Crippen LogP contribution in [0.3, 0.4) is 0 Å². The van der Waals surface area contributed by atoms with Crippen LogP contribution in [0, 0.1) is 0 Å². The van der Waals surface area contributed by atoms with Crippen LogP contribution in [-0.4, -0.2) is 32.0 Å². The largest absolute Gasteiger partial charge is 0.469 e. The Kier molecular flexibility index (Phi) is 7.52. The van der Waals surface area contributed by atoms with E-state index in [9.17, 15) is 9.59 Å². The van der Waals surface area contributed by atoms with Gasteiger partial charge < -0.3 is 15.2 Å². The summed E-state index contributed by atoms with van der Waals surface area (Å²) in [5, 5.41) is 1.96. The van der Waals surface area contributed by atoms with E-state index in [1.165, 1.54) is 19.4 Å². The van der Waals surface area contributed by atoms with Gasteiger partial charge in [0.15, 0.2) is 0 Å². The van der Waals surface area contributed by atoms with Gasteiger partial charge in [-0.25, -0.2) is 4.79 Å². The third-order valence-electron chi connectivity index (χ3n) is 2.19. The standard InChI is InChI=1S/C14H16N2O4S/c1-19-13(17)7-9-20-14(18)16-8-6-11(15)4-5-12-3-2-10-21-12/h2-6,8,10H,7,9,15H2,1H3/b5-4+,11-6-,16-8+. The van der Waals surface area contributed by atoms with Crippen LogP contribution in [0.15, 0.2) is 40.4 Å². The number of esters is 1. The molecule has 0 atom stereocenters. The van der Waals surface area contributed by atoms with Crippen molar-refractivity contribution in [3.63, 3.8) is 0 Å². The minimum atomic E-state index is -0.787. The van der Waals surface area contributed by atoms with E-state index in [-0.39, 0.29) is 13.0 Å². The maximum absolute atomic E-state index is 11.2. The molecular formula is C14H16N2O4S. The SMILES string of the molecule is COC(=O)CCOC(=O)/N=C/C=C(N)/C=C/c1cccs1. The fourth-order valence-corrected chi connectivity index (χ4v) is 1.78. The van der Waals surface area contributed by atoms with E-state index in [1.807, 2.05) is 23.6 Å². The molecule has 6 nitrogen and oxygen atoms in total. The number of nitrogens with two attached hydrogens (primary N) is 1. The van der Waals surface area contributed by atoms with Crippen molar-refractivity contribution < 1.29 is 19.1 Å². The van der Waals surface area contributed by atoms with Gasteiger partial charge in [0.2, 0.25) is 0 Å². The van der Waals surface area contributed by atoms with Gasteiger partial charge in [-0.1, -0.05) is 6.07 Å². The van der Waals surface area contributed by atoms with Gasteiger partial charge in [0.05, 0.1) is 13.5 Å². The Morgan fingerprint density at radius 1 is 1.48 bits per heavy atom. The summed E-state index contributed by atoms with van der Waals surface area (Å²) in [5.74, 6) is -0.449. The van der Waals surface area contributed by atoms with Gasteiger partial charge in [-0.2, -0.15) is 4.99 Å². The maximum atomic E-state index is 11.2. The van der Waals surface area contributed by atoms with Crippen LogP contribution in [-0.2, 0) is 14.3 Å². The fraction of sp³-hybridized carbons (Fsp3) is 0.214. The first-order chi connectivity index (χ1) is 10.1. The summed E-state index contributed by atoms with van der Waals surface area (Å²) in [6.07, 6.45) is 5.50. The number of ether oxygens (including phenoxy) is 2. The number of allylic oxidation sites excluding steroid dienone is 2. The van der Waals surface area contributed by atoms with Crippen LogP contribution in [0.25, 0.3) is 6.08 Å². The van der Waals surface area contributed by atoms with E-state index in [0.717, 1.165) is 4.88 Å². The number of rotatable bonds is 6. The highest BCUT2D eigenvalue weighted by Crippen LogP contribution is 2.10. The van der Waals surface area contributed by atoms with Crippen LogP contribution < -0.4 is 5.73 Å². The lowest BCUT2D eigenvalue weighted by Gasteiger charge is -1.99. The Bertz CT molecular complexity index is 547. The molecule has 2 N–H and O–H groups in total. The van der Waals surface area contributed by atoms with Crippen molar-refractivity contribution >= 4 is 35.7 Å². The fourth-order valence-electron chi connectivity index (χ4n) is 1.17. The first-order valence-electron chi connectivity index (χ1n) is 6.07. The quantitative estimate of drug-likeness (QED) is 0.495. The zero-order valence-corrected chi connectivity index (χ0v) is 12.3. The Balaban J connectivity index is 2.33. The van der Waals surface area contributed by atoms with Crippen LogP contribution in [0.2, 0.25) is 0 Å². The van der Waals surface area contributed by atoms with Gasteiger partial charge >= 0.3 is 12.1 Å². The van der Waals surface area contributed by atoms with Crippen LogP contribution in [0.1, 0.15) is 11.3 Å². The summed E-state index contributed by atoms with van der Waals surface area (Å²) in [7, 11) is 1.26. The number of nitrogens with zero attached hydrogens (tertiary/aromatic N) is 1. The van der Waals surface area contributed by atoms with Crippen molar-refractivity contribution in [2.75, 3.05) is 13.7 Å². The van der Waals surface area contributed by atoms with Crippen LogP contribution in [0.5, 0.6) is 0 Å². The Labute approximate surface area is 126 Å². The van der Waals surface area contributed by atoms with Crippen molar-refractivity contribution in [1.82, 2.24) is 0 Å². The average molecular weight is 308 g/mol. The van der Waals surface area contributed by atoms with Gasteiger partial charge in [-0.15, -0.1) is 11.3 Å². The minimum absolute atomic E-state index is 0.000705. The van der Waals surface area contributed by atoms with Crippen LogP contribution in [0.4, 0.5) is 4.79 Å². The molecule has 0 aromatic carbocycles. The lowest BCUT2D eigenvalue weighted by molar-refractivity contribution is -0.141. The van der Waals surface area contributed by atoms with Crippen LogP contribution >= 0.6 is 11.3 Å². The maximum Gasteiger partial charge on any atom is 0.433 e. The first-order valence-corrected chi connectivity index (χ1v) is 6.94. The van der Waals surface area contributed by atoms with Gasteiger partial charge in [0, 0.05) is 16.8 Å². The minimum Gasteiger partial charge on any atom is -0.469 e. The van der Waals surface area contributed by atoms with Crippen molar-refractivity contribution in [3.8, 4) is 0 Å². The molecule has 0 saturated carbocycles. The molecule has 21 heavy (non-hydrogen) atoms. The van der Waals surface area contributed by atoms with E-state index < -0.39 is 12.1 Å². The summed E-state index contributed by atoms with van der Waals surface area (Å²) in [6.45, 7) is -0.0691. The van der Waals surface area contributed by atoms with E-state index in [0.29, 0.717) is 5.70 Å². The molecule has 0 aliphatic heterocycles. The molecular weight excluding hydrogens is 292 g/mol. The first kappa shape index (κ1) is 16.6. The second kappa shape index (κ2) is 9.49. The van der Waals surface area contributed by atoms with Gasteiger partial charge in [0.1, 0.15) is 6.61 Å². The Morgan fingerprint density at radius 2 is 2.29 bits per heavy atom. The van der Waals surface area contributed by atoms with Gasteiger partial charge in [-0.05, 0) is 29.7 Å². The molecule has 1 rings (SSSR count). The smallest absolute Gasteiger partial charge is 0.433 e. The lowest BCUT2D eigenvalue weighted by Crippen LogP contribution is -2.08. The number of aliphatic imine (C=N–C) groups is 1. The highest BCUT2D eigenvalue weighted by Gasteiger charge is 2.02. The average Bonchev–Trinajstić information content (AvgIpc) is 2.98.